The Morgan fingerprint density at radius 1 is 1.45 bits per heavy atom. The number of hydrogen-bond acceptors (Lipinski definition) is 2. The fourth-order valence-electron chi connectivity index (χ4n) is 1.80. The maximum atomic E-state index is 11.2. The van der Waals surface area contributed by atoms with Gasteiger partial charge in [-0.1, -0.05) is 20.3 Å². The highest BCUT2D eigenvalue weighted by molar-refractivity contribution is 5.76. The van der Waals surface area contributed by atoms with Crippen LogP contribution in [-0.4, -0.2) is 12.6 Å². The molecule has 1 aliphatic rings. The van der Waals surface area contributed by atoms with Crippen LogP contribution in [0.1, 0.15) is 27.2 Å². The summed E-state index contributed by atoms with van der Waals surface area (Å²) in [5.41, 5.74) is 0. The lowest BCUT2D eigenvalue weighted by Gasteiger charge is -1.98. The first-order valence-electron chi connectivity index (χ1n) is 4.39. The van der Waals surface area contributed by atoms with E-state index in [0.29, 0.717) is 18.4 Å². The van der Waals surface area contributed by atoms with Crippen molar-refractivity contribution in [1.82, 2.24) is 0 Å². The molecule has 2 nitrogen and oxygen atoms in total. The summed E-state index contributed by atoms with van der Waals surface area (Å²) in [7, 11) is 0. The highest BCUT2D eigenvalue weighted by Crippen LogP contribution is 2.48. The molecular formula is C9H16O2. The van der Waals surface area contributed by atoms with Crippen LogP contribution >= 0.6 is 0 Å². The summed E-state index contributed by atoms with van der Waals surface area (Å²) in [4.78, 5) is 11.2. The average Bonchev–Trinajstić information content (AvgIpc) is 2.61. The van der Waals surface area contributed by atoms with Gasteiger partial charge in [0.1, 0.15) is 0 Å². The Bertz CT molecular complexity index is 154. The van der Waals surface area contributed by atoms with E-state index in [9.17, 15) is 4.79 Å². The third-order valence-corrected chi connectivity index (χ3v) is 2.59. The molecule has 1 rings (SSSR count). The van der Waals surface area contributed by atoms with E-state index in [2.05, 4.69) is 13.8 Å². The SMILES string of the molecule is CCOC(=O)[C@H]1[C@@H](C)[C@@H]1CC. The Balaban J connectivity index is 2.34. The summed E-state index contributed by atoms with van der Waals surface area (Å²) in [6.45, 7) is 6.61. The maximum Gasteiger partial charge on any atom is 0.309 e. The molecule has 0 aromatic carbocycles. The molecule has 64 valence electrons. The molecule has 11 heavy (non-hydrogen) atoms. The monoisotopic (exact) mass is 156 g/mol. The molecule has 2 heteroatoms. The molecule has 0 amide bonds. The van der Waals surface area contributed by atoms with Gasteiger partial charge in [0.05, 0.1) is 12.5 Å². The topological polar surface area (TPSA) is 26.3 Å². The van der Waals surface area contributed by atoms with Gasteiger partial charge in [0, 0.05) is 0 Å². The third-order valence-electron chi connectivity index (χ3n) is 2.59. The molecule has 0 unspecified atom stereocenters. The molecule has 1 fully saturated rings. The molecule has 0 N–H and O–H groups in total. The van der Waals surface area contributed by atoms with Crippen LogP contribution < -0.4 is 0 Å². The zero-order valence-corrected chi connectivity index (χ0v) is 7.46. The summed E-state index contributed by atoms with van der Waals surface area (Å²) < 4.78 is 4.93. The van der Waals surface area contributed by atoms with Gasteiger partial charge in [0.15, 0.2) is 0 Å². The van der Waals surface area contributed by atoms with Crippen molar-refractivity contribution in [2.45, 2.75) is 27.2 Å². The van der Waals surface area contributed by atoms with E-state index in [0.717, 1.165) is 6.42 Å². The van der Waals surface area contributed by atoms with E-state index in [1.165, 1.54) is 0 Å². The molecule has 3 atom stereocenters. The summed E-state index contributed by atoms with van der Waals surface area (Å²) in [5, 5.41) is 0. The van der Waals surface area contributed by atoms with Crippen molar-refractivity contribution >= 4 is 5.97 Å². The minimum absolute atomic E-state index is 0.00634. The molecule has 0 aliphatic heterocycles. The van der Waals surface area contributed by atoms with E-state index < -0.39 is 0 Å². The third kappa shape index (κ3) is 1.55. The highest BCUT2D eigenvalue weighted by Gasteiger charge is 2.51. The average molecular weight is 156 g/mol. The Labute approximate surface area is 67.9 Å². The molecule has 1 aliphatic carbocycles. The van der Waals surface area contributed by atoms with E-state index in [-0.39, 0.29) is 11.9 Å². The van der Waals surface area contributed by atoms with E-state index in [4.69, 9.17) is 4.74 Å². The standard InChI is InChI=1S/C9H16O2/c1-4-7-6(3)8(7)9(10)11-5-2/h6-8H,4-5H2,1-3H3/t6-,7-,8-/m0/s1. The fourth-order valence-corrected chi connectivity index (χ4v) is 1.80. The smallest absolute Gasteiger partial charge is 0.309 e. The Kier molecular flexibility index (Phi) is 2.53. The quantitative estimate of drug-likeness (QED) is 0.583. The van der Waals surface area contributed by atoms with Gasteiger partial charge in [-0.15, -0.1) is 0 Å². The van der Waals surface area contributed by atoms with Crippen LogP contribution in [-0.2, 0) is 9.53 Å². The summed E-state index contributed by atoms with van der Waals surface area (Å²) >= 11 is 0. The first-order chi connectivity index (χ1) is 5.22. The molecule has 0 aromatic heterocycles. The lowest BCUT2D eigenvalue weighted by Crippen LogP contribution is -2.08. The Morgan fingerprint density at radius 3 is 2.45 bits per heavy atom. The van der Waals surface area contributed by atoms with Gasteiger partial charge < -0.3 is 4.74 Å². The number of rotatable bonds is 3. The van der Waals surface area contributed by atoms with Crippen LogP contribution in [0.3, 0.4) is 0 Å². The minimum atomic E-state index is 0.00634. The van der Waals surface area contributed by atoms with Crippen LogP contribution in [0.15, 0.2) is 0 Å². The molecule has 1 saturated carbocycles. The highest BCUT2D eigenvalue weighted by atomic mass is 16.5. The number of esters is 1. The van der Waals surface area contributed by atoms with E-state index >= 15 is 0 Å². The van der Waals surface area contributed by atoms with Gasteiger partial charge in [-0.25, -0.2) is 0 Å². The van der Waals surface area contributed by atoms with Crippen LogP contribution in [0.2, 0.25) is 0 Å². The van der Waals surface area contributed by atoms with Crippen LogP contribution in [0.25, 0.3) is 0 Å². The van der Waals surface area contributed by atoms with Crippen molar-refractivity contribution in [1.29, 1.82) is 0 Å². The number of carbonyl (C=O) groups is 1. The van der Waals surface area contributed by atoms with Crippen molar-refractivity contribution in [3.63, 3.8) is 0 Å². The summed E-state index contributed by atoms with van der Waals surface area (Å²) in [6.07, 6.45) is 1.10. The first-order valence-corrected chi connectivity index (χ1v) is 4.39. The van der Waals surface area contributed by atoms with Gasteiger partial charge in [-0.3, -0.25) is 4.79 Å². The molecular weight excluding hydrogens is 140 g/mol. The minimum Gasteiger partial charge on any atom is -0.466 e. The van der Waals surface area contributed by atoms with Crippen molar-refractivity contribution in [3.8, 4) is 0 Å². The van der Waals surface area contributed by atoms with Gasteiger partial charge in [0.25, 0.3) is 0 Å². The predicted molar refractivity (Wildman–Crippen MR) is 43.1 cm³/mol. The van der Waals surface area contributed by atoms with Crippen molar-refractivity contribution in [3.05, 3.63) is 0 Å². The second-order valence-electron chi connectivity index (χ2n) is 3.21. The van der Waals surface area contributed by atoms with Gasteiger partial charge >= 0.3 is 5.97 Å². The summed E-state index contributed by atoms with van der Waals surface area (Å²) in [5.74, 6) is 1.36. The zero-order chi connectivity index (χ0) is 8.43. The van der Waals surface area contributed by atoms with Crippen molar-refractivity contribution < 1.29 is 9.53 Å². The normalized spacial score (nSPS) is 35.0. The summed E-state index contributed by atoms with van der Waals surface area (Å²) in [6, 6.07) is 0. The van der Waals surface area contributed by atoms with Crippen LogP contribution in [0, 0.1) is 17.8 Å². The maximum absolute atomic E-state index is 11.2. The van der Waals surface area contributed by atoms with Crippen LogP contribution in [0.5, 0.6) is 0 Å². The van der Waals surface area contributed by atoms with Gasteiger partial charge in [-0.2, -0.15) is 0 Å². The predicted octanol–water partition coefficient (Wildman–Crippen LogP) is 1.84. The number of hydrogen-bond donors (Lipinski definition) is 0. The zero-order valence-electron chi connectivity index (χ0n) is 7.46. The lowest BCUT2D eigenvalue weighted by molar-refractivity contribution is -0.145. The molecule has 0 spiro atoms. The first kappa shape index (κ1) is 8.57. The van der Waals surface area contributed by atoms with Gasteiger partial charge in [-0.05, 0) is 18.8 Å². The van der Waals surface area contributed by atoms with Crippen LogP contribution in [0.4, 0.5) is 0 Å². The second kappa shape index (κ2) is 3.24. The second-order valence-corrected chi connectivity index (χ2v) is 3.21. The van der Waals surface area contributed by atoms with E-state index in [1.54, 1.807) is 0 Å². The van der Waals surface area contributed by atoms with Crippen molar-refractivity contribution in [2.75, 3.05) is 6.61 Å². The largest absolute Gasteiger partial charge is 0.466 e. The van der Waals surface area contributed by atoms with Crippen molar-refractivity contribution in [2.24, 2.45) is 17.8 Å². The molecule has 0 bridgehead atoms. The van der Waals surface area contributed by atoms with E-state index in [1.807, 2.05) is 6.92 Å². The number of ether oxygens (including phenoxy) is 1. The number of carbonyl (C=O) groups excluding carboxylic acids is 1. The molecule has 0 saturated heterocycles. The Hall–Kier alpha value is -0.530. The molecule has 0 aromatic rings. The molecule has 0 radical (unpaired) electrons. The molecule has 0 heterocycles. The fraction of sp³-hybridized carbons (Fsp3) is 0.889. The lowest BCUT2D eigenvalue weighted by atomic mass is 10.2. The van der Waals surface area contributed by atoms with Gasteiger partial charge in [0.2, 0.25) is 0 Å². The Morgan fingerprint density at radius 2 is 2.09 bits per heavy atom.